The van der Waals surface area contributed by atoms with Crippen LogP contribution in [0.2, 0.25) is 0 Å². The number of ether oxygens (including phenoxy) is 1. The van der Waals surface area contributed by atoms with Gasteiger partial charge in [0.2, 0.25) is 10.0 Å². The Bertz CT molecular complexity index is 682. The molecule has 0 atom stereocenters. The number of sulfonamides is 1. The van der Waals surface area contributed by atoms with E-state index in [1.54, 1.807) is 12.1 Å². The van der Waals surface area contributed by atoms with Gasteiger partial charge in [-0.2, -0.15) is 0 Å². The zero-order valence-corrected chi connectivity index (χ0v) is 17.5. The number of hydrogen-bond acceptors (Lipinski definition) is 4. The van der Waals surface area contributed by atoms with E-state index >= 15 is 0 Å². The summed E-state index contributed by atoms with van der Waals surface area (Å²) in [5.74, 6) is 0.616. The normalized spacial score (nSPS) is 21.2. The van der Waals surface area contributed by atoms with E-state index in [-0.39, 0.29) is 5.54 Å². The van der Waals surface area contributed by atoms with E-state index in [9.17, 15) is 8.42 Å². The van der Waals surface area contributed by atoms with Crippen LogP contribution >= 0.6 is 11.6 Å². The van der Waals surface area contributed by atoms with Crippen LogP contribution in [-0.4, -0.2) is 57.6 Å². The second-order valence-electron chi connectivity index (χ2n) is 7.65. The SMILES string of the molecule is O=S(=O)(NCC1(N2CCOCC2)CCCCC1)c1ccc(CCCCl)cc1. The van der Waals surface area contributed by atoms with Crippen molar-refractivity contribution < 1.29 is 13.2 Å². The molecule has 1 aromatic rings. The van der Waals surface area contributed by atoms with Gasteiger partial charge in [-0.05, 0) is 43.4 Å². The first-order chi connectivity index (χ1) is 13.1. The number of nitrogens with zero attached hydrogens (tertiary/aromatic N) is 1. The summed E-state index contributed by atoms with van der Waals surface area (Å²) in [5, 5.41) is 0. The third-order valence-corrected chi connectivity index (χ3v) is 7.57. The number of hydrogen-bond donors (Lipinski definition) is 1. The van der Waals surface area contributed by atoms with Crippen molar-refractivity contribution in [3.05, 3.63) is 29.8 Å². The van der Waals surface area contributed by atoms with Gasteiger partial charge in [-0.1, -0.05) is 31.4 Å². The summed E-state index contributed by atoms with van der Waals surface area (Å²) < 4.78 is 34.1. The lowest BCUT2D eigenvalue weighted by Gasteiger charge is -2.48. The van der Waals surface area contributed by atoms with Crippen LogP contribution in [0.15, 0.2) is 29.2 Å². The molecule has 0 radical (unpaired) electrons. The average molecular weight is 415 g/mol. The smallest absolute Gasteiger partial charge is 0.240 e. The Morgan fingerprint density at radius 3 is 2.37 bits per heavy atom. The van der Waals surface area contributed by atoms with Gasteiger partial charge < -0.3 is 4.74 Å². The zero-order valence-electron chi connectivity index (χ0n) is 16.0. The second kappa shape index (κ2) is 9.70. The van der Waals surface area contributed by atoms with Crippen LogP contribution < -0.4 is 4.72 Å². The monoisotopic (exact) mass is 414 g/mol. The van der Waals surface area contributed by atoms with Gasteiger partial charge in [0.05, 0.1) is 18.1 Å². The molecule has 7 heteroatoms. The summed E-state index contributed by atoms with van der Waals surface area (Å²) in [6.45, 7) is 3.72. The van der Waals surface area contributed by atoms with Crippen LogP contribution in [0.1, 0.15) is 44.1 Å². The van der Waals surface area contributed by atoms with Gasteiger partial charge in [-0.3, -0.25) is 4.90 Å². The van der Waals surface area contributed by atoms with Crippen LogP contribution in [0.25, 0.3) is 0 Å². The first kappa shape index (κ1) is 21.1. The third-order valence-electron chi connectivity index (χ3n) is 5.89. The number of morpholine rings is 1. The van der Waals surface area contributed by atoms with E-state index in [4.69, 9.17) is 16.3 Å². The fraction of sp³-hybridized carbons (Fsp3) is 0.700. The maximum absolute atomic E-state index is 12.8. The van der Waals surface area contributed by atoms with E-state index < -0.39 is 10.0 Å². The standard InChI is InChI=1S/C20H31ClN2O3S/c21-12-4-5-18-6-8-19(9-7-18)27(24,25)22-17-20(10-2-1-3-11-20)23-13-15-26-16-14-23/h6-9,22H,1-5,10-17H2. The predicted molar refractivity (Wildman–Crippen MR) is 109 cm³/mol. The van der Waals surface area contributed by atoms with Crippen molar-refractivity contribution in [1.82, 2.24) is 9.62 Å². The lowest BCUT2D eigenvalue weighted by atomic mass is 9.80. The first-order valence-corrected chi connectivity index (χ1v) is 12.0. The summed E-state index contributed by atoms with van der Waals surface area (Å²) in [6.07, 6.45) is 7.43. The fourth-order valence-electron chi connectivity index (χ4n) is 4.27. The van der Waals surface area contributed by atoms with Crippen molar-refractivity contribution in [2.75, 3.05) is 38.7 Å². The Labute approximate surface area is 168 Å². The lowest BCUT2D eigenvalue weighted by molar-refractivity contribution is -0.0348. The quantitative estimate of drug-likeness (QED) is 0.664. The highest BCUT2D eigenvalue weighted by Crippen LogP contribution is 2.34. The Balaban J connectivity index is 1.68. The van der Waals surface area contributed by atoms with E-state index in [0.29, 0.717) is 17.3 Å². The maximum Gasteiger partial charge on any atom is 0.240 e. The van der Waals surface area contributed by atoms with Crippen molar-refractivity contribution >= 4 is 21.6 Å². The molecule has 1 N–H and O–H groups in total. The number of benzene rings is 1. The minimum absolute atomic E-state index is 0.0740. The molecule has 0 spiro atoms. The molecule has 0 bridgehead atoms. The van der Waals surface area contributed by atoms with Crippen molar-refractivity contribution in [2.24, 2.45) is 0 Å². The minimum atomic E-state index is -3.51. The molecule has 1 aromatic carbocycles. The van der Waals surface area contributed by atoms with Gasteiger partial charge in [0, 0.05) is 31.1 Å². The molecule has 2 aliphatic rings. The van der Waals surface area contributed by atoms with Crippen molar-refractivity contribution in [1.29, 1.82) is 0 Å². The van der Waals surface area contributed by atoms with Crippen LogP contribution in [0.3, 0.4) is 0 Å². The molecule has 152 valence electrons. The number of rotatable bonds is 8. The third kappa shape index (κ3) is 5.45. The van der Waals surface area contributed by atoms with Crippen LogP contribution in [0.5, 0.6) is 0 Å². The van der Waals surface area contributed by atoms with Gasteiger partial charge in [-0.15, -0.1) is 11.6 Å². The van der Waals surface area contributed by atoms with Crippen LogP contribution in [-0.2, 0) is 21.2 Å². The number of alkyl halides is 1. The summed E-state index contributed by atoms with van der Waals surface area (Å²) in [6, 6.07) is 7.18. The number of halogens is 1. The van der Waals surface area contributed by atoms with Gasteiger partial charge in [0.25, 0.3) is 0 Å². The van der Waals surface area contributed by atoms with Crippen LogP contribution in [0.4, 0.5) is 0 Å². The van der Waals surface area contributed by atoms with Crippen LogP contribution in [0, 0.1) is 0 Å². The molecule has 3 rings (SSSR count). The second-order valence-corrected chi connectivity index (χ2v) is 9.79. The van der Waals surface area contributed by atoms with E-state index in [0.717, 1.165) is 70.4 Å². The molecule has 5 nitrogen and oxygen atoms in total. The van der Waals surface area contributed by atoms with Gasteiger partial charge in [0.1, 0.15) is 0 Å². The van der Waals surface area contributed by atoms with Gasteiger partial charge >= 0.3 is 0 Å². The summed E-state index contributed by atoms with van der Waals surface area (Å²) in [5.41, 5.74) is 1.04. The first-order valence-electron chi connectivity index (χ1n) is 10.0. The van der Waals surface area contributed by atoms with Gasteiger partial charge in [0.15, 0.2) is 0 Å². The molecule has 0 amide bonds. The molecule has 1 heterocycles. The molecular formula is C20H31ClN2O3S. The molecular weight excluding hydrogens is 384 g/mol. The molecule has 2 fully saturated rings. The Kier molecular flexibility index (Phi) is 7.57. The van der Waals surface area contributed by atoms with Crippen molar-refractivity contribution in [3.63, 3.8) is 0 Å². The highest BCUT2D eigenvalue weighted by molar-refractivity contribution is 7.89. The lowest BCUT2D eigenvalue weighted by Crippen LogP contribution is -2.59. The largest absolute Gasteiger partial charge is 0.379 e. The molecule has 27 heavy (non-hydrogen) atoms. The maximum atomic E-state index is 12.8. The molecule has 1 saturated heterocycles. The topological polar surface area (TPSA) is 58.6 Å². The zero-order chi connectivity index (χ0) is 19.2. The molecule has 0 unspecified atom stereocenters. The highest BCUT2D eigenvalue weighted by atomic mass is 35.5. The van der Waals surface area contributed by atoms with Crippen molar-refractivity contribution in [2.45, 2.75) is 55.4 Å². The fourth-order valence-corrected chi connectivity index (χ4v) is 5.52. The van der Waals surface area contributed by atoms with E-state index in [1.807, 2.05) is 12.1 Å². The number of aryl methyl sites for hydroxylation is 1. The van der Waals surface area contributed by atoms with E-state index in [2.05, 4.69) is 9.62 Å². The van der Waals surface area contributed by atoms with Gasteiger partial charge in [-0.25, -0.2) is 13.1 Å². The molecule has 1 aliphatic heterocycles. The minimum Gasteiger partial charge on any atom is -0.379 e. The summed E-state index contributed by atoms with van der Waals surface area (Å²) in [4.78, 5) is 2.79. The predicted octanol–water partition coefficient (Wildman–Crippen LogP) is 3.17. The number of nitrogens with one attached hydrogen (secondary N) is 1. The Morgan fingerprint density at radius 1 is 1.07 bits per heavy atom. The van der Waals surface area contributed by atoms with E-state index in [1.165, 1.54) is 6.42 Å². The molecule has 0 aromatic heterocycles. The molecule has 1 aliphatic carbocycles. The average Bonchev–Trinajstić information content (AvgIpc) is 2.72. The Morgan fingerprint density at radius 2 is 1.74 bits per heavy atom. The summed E-state index contributed by atoms with van der Waals surface area (Å²) in [7, 11) is -3.51. The summed E-state index contributed by atoms with van der Waals surface area (Å²) >= 11 is 5.73. The van der Waals surface area contributed by atoms with Crippen molar-refractivity contribution in [3.8, 4) is 0 Å². The molecule has 1 saturated carbocycles. The Hall–Kier alpha value is -0.660. The highest BCUT2D eigenvalue weighted by Gasteiger charge is 2.39.